The first kappa shape index (κ1) is 14.9. The minimum atomic E-state index is -0.484. The summed E-state index contributed by atoms with van der Waals surface area (Å²) in [4.78, 5) is 26.9. The molecular formula is C17H27NO3. The van der Waals surface area contributed by atoms with Gasteiger partial charge in [-0.25, -0.2) is 4.79 Å². The highest BCUT2D eigenvalue weighted by atomic mass is 16.6. The van der Waals surface area contributed by atoms with Crippen LogP contribution < -0.4 is 0 Å². The number of hydrogen-bond donors (Lipinski definition) is 0. The van der Waals surface area contributed by atoms with Crippen molar-refractivity contribution in [3.05, 3.63) is 0 Å². The molecule has 2 unspecified atom stereocenters. The second-order valence-corrected chi connectivity index (χ2v) is 7.86. The predicted molar refractivity (Wildman–Crippen MR) is 79.5 cm³/mol. The summed E-state index contributed by atoms with van der Waals surface area (Å²) >= 11 is 0. The minimum Gasteiger partial charge on any atom is -0.458 e. The number of amides is 1. The van der Waals surface area contributed by atoms with Crippen molar-refractivity contribution in [1.29, 1.82) is 0 Å². The first-order valence-corrected chi connectivity index (χ1v) is 8.42. The van der Waals surface area contributed by atoms with E-state index in [1.165, 1.54) is 25.7 Å². The molecule has 21 heavy (non-hydrogen) atoms. The molecule has 1 saturated heterocycles. The molecule has 0 aromatic carbocycles. The van der Waals surface area contributed by atoms with Crippen molar-refractivity contribution >= 4 is 11.9 Å². The molecule has 118 valence electrons. The number of hydrogen-bond acceptors (Lipinski definition) is 3. The van der Waals surface area contributed by atoms with Crippen LogP contribution >= 0.6 is 0 Å². The van der Waals surface area contributed by atoms with Crippen LogP contribution in [0.15, 0.2) is 0 Å². The van der Waals surface area contributed by atoms with Crippen LogP contribution in [0.5, 0.6) is 0 Å². The molecule has 0 N–H and O–H groups in total. The van der Waals surface area contributed by atoms with Crippen molar-refractivity contribution in [3.8, 4) is 0 Å². The third kappa shape index (κ3) is 2.95. The highest BCUT2D eigenvalue weighted by Gasteiger charge is 2.57. The van der Waals surface area contributed by atoms with Gasteiger partial charge in [0, 0.05) is 12.5 Å². The molecule has 0 radical (unpaired) electrons. The van der Waals surface area contributed by atoms with Crippen LogP contribution in [-0.2, 0) is 14.3 Å². The van der Waals surface area contributed by atoms with Gasteiger partial charge >= 0.3 is 5.97 Å². The second-order valence-electron chi connectivity index (χ2n) is 7.86. The van der Waals surface area contributed by atoms with Crippen molar-refractivity contribution in [2.24, 2.45) is 17.8 Å². The largest absolute Gasteiger partial charge is 0.458 e. The monoisotopic (exact) mass is 293 g/mol. The normalized spacial score (nSPS) is 35.3. The molecule has 0 spiro atoms. The fraction of sp³-hybridized carbons (Fsp3) is 0.882. The lowest BCUT2D eigenvalue weighted by Gasteiger charge is -2.27. The number of likely N-dealkylation sites (tertiary alicyclic amines) is 1. The maximum absolute atomic E-state index is 12.8. The van der Waals surface area contributed by atoms with E-state index in [1.54, 1.807) is 0 Å². The Hall–Kier alpha value is -1.06. The van der Waals surface area contributed by atoms with Gasteiger partial charge in [-0.15, -0.1) is 0 Å². The Kier molecular flexibility index (Phi) is 3.74. The Balaban J connectivity index is 1.64. The zero-order valence-corrected chi connectivity index (χ0v) is 13.4. The second kappa shape index (κ2) is 5.29. The molecule has 1 heterocycles. The standard InChI is InChI=1S/C17H27NO3/c1-17(2,3)21-16(20)13-9-6-10-18(13)15(19)14-11-7-4-5-8-12(11)14/h11-14H,4-10H2,1-3H3/t11?,12?,13-,14?/m1/s1. The van der Waals surface area contributed by atoms with Gasteiger partial charge < -0.3 is 9.64 Å². The van der Waals surface area contributed by atoms with E-state index in [0.717, 1.165) is 19.4 Å². The van der Waals surface area contributed by atoms with Crippen LogP contribution in [0.2, 0.25) is 0 Å². The molecule has 4 nitrogen and oxygen atoms in total. The van der Waals surface area contributed by atoms with Crippen LogP contribution in [0.25, 0.3) is 0 Å². The van der Waals surface area contributed by atoms with Crippen molar-refractivity contribution < 1.29 is 14.3 Å². The van der Waals surface area contributed by atoms with E-state index in [2.05, 4.69) is 0 Å². The smallest absolute Gasteiger partial charge is 0.329 e. The zero-order valence-electron chi connectivity index (χ0n) is 13.4. The Morgan fingerprint density at radius 2 is 1.62 bits per heavy atom. The fourth-order valence-electron chi connectivity index (χ4n) is 4.20. The quantitative estimate of drug-likeness (QED) is 0.735. The molecule has 0 aromatic heterocycles. The minimum absolute atomic E-state index is 0.204. The van der Waals surface area contributed by atoms with Gasteiger partial charge in [-0.3, -0.25) is 4.79 Å². The molecule has 1 aliphatic heterocycles. The molecular weight excluding hydrogens is 266 g/mol. The van der Waals surface area contributed by atoms with E-state index >= 15 is 0 Å². The summed E-state index contributed by atoms with van der Waals surface area (Å²) in [5.41, 5.74) is -0.484. The highest BCUT2D eigenvalue weighted by Crippen LogP contribution is 2.56. The van der Waals surface area contributed by atoms with Crippen molar-refractivity contribution in [1.82, 2.24) is 4.90 Å². The van der Waals surface area contributed by atoms with E-state index in [-0.39, 0.29) is 23.8 Å². The van der Waals surface area contributed by atoms with Crippen LogP contribution in [-0.4, -0.2) is 35.0 Å². The Bertz CT molecular complexity index is 428. The third-order valence-electron chi connectivity index (χ3n) is 5.16. The van der Waals surface area contributed by atoms with Crippen molar-refractivity contribution in [2.75, 3.05) is 6.54 Å². The molecule has 2 saturated carbocycles. The lowest BCUT2D eigenvalue weighted by atomic mass is 10.0. The van der Waals surface area contributed by atoms with Crippen LogP contribution in [0, 0.1) is 17.8 Å². The van der Waals surface area contributed by atoms with E-state index in [9.17, 15) is 9.59 Å². The average molecular weight is 293 g/mol. The maximum Gasteiger partial charge on any atom is 0.329 e. The van der Waals surface area contributed by atoms with E-state index in [0.29, 0.717) is 11.8 Å². The number of ether oxygens (including phenoxy) is 1. The van der Waals surface area contributed by atoms with Gasteiger partial charge in [0.05, 0.1) is 0 Å². The molecule has 4 heteroatoms. The Labute approximate surface area is 127 Å². The summed E-state index contributed by atoms with van der Waals surface area (Å²) in [7, 11) is 0. The van der Waals surface area contributed by atoms with E-state index in [4.69, 9.17) is 4.74 Å². The SMILES string of the molecule is CC(C)(C)OC(=O)[C@H]1CCCN1C(=O)C1C2CCCCC21. The van der Waals surface area contributed by atoms with Gasteiger partial charge in [0.2, 0.25) is 5.91 Å². The molecule has 3 aliphatic rings. The number of carbonyl (C=O) groups excluding carboxylic acids is 2. The molecule has 0 aromatic rings. The average Bonchev–Trinajstić information content (AvgIpc) is 2.90. The molecule has 3 fully saturated rings. The van der Waals surface area contributed by atoms with Gasteiger partial charge in [-0.05, 0) is 58.3 Å². The lowest BCUT2D eigenvalue weighted by Crippen LogP contribution is -2.44. The first-order valence-electron chi connectivity index (χ1n) is 8.42. The molecule has 0 bridgehead atoms. The molecule has 3 atom stereocenters. The first-order chi connectivity index (χ1) is 9.88. The summed E-state index contributed by atoms with van der Waals surface area (Å²) in [6, 6.07) is -0.348. The third-order valence-corrected chi connectivity index (χ3v) is 5.16. The summed E-state index contributed by atoms with van der Waals surface area (Å²) in [5.74, 6) is 1.41. The topological polar surface area (TPSA) is 46.6 Å². The van der Waals surface area contributed by atoms with Crippen LogP contribution in [0.4, 0.5) is 0 Å². The predicted octanol–water partition coefficient (Wildman–Crippen LogP) is 2.76. The summed E-state index contributed by atoms with van der Waals surface area (Å²) in [5, 5.41) is 0. The Morgan fingerprint density at radius 1 is 1.00 bits per heavy atom. The number of rotatable bonds is 2. The molecule has 2 aliphatic carbocycles. The van der Waals surface area contributed by atoms with Gasteiger partial charge in [0.1, 0.15) is 11.6 Å². The van der Waals surface area contributed by atoms with Crippen molar-refractivity contribution in [2.45, 2.75) is 70.9 Å². The highest BCUT2D eigenvalue weighted by molar-refractivity contribution is 5.88. The molecule has 1 amide bonds. The summed E-state index contributed by atoms with van der Waals surface area (Å²) in [6.45, 7) is 6.35. The zero-order chi connectivity index (χ0) is 15.2. The number of nitrogens with zero attached hydrogens (tertiary/aromatic N) is 1. The number of carbonyl (C=O) groups is 2. The van der Waals surface area contributed by atoms with Crippen LogP contribution in [0.1, 0.15) is 59.3 Å². The van der Waals surface area contributed by atoms with Gasteiger partial charge in [-0.1, -0.05) is 12.8 Å². The summed E-state index contributed by atoms with van der Waals surface area (Å²) < 4.78 is 5.49. The maximum atomic E-state index is 12.8. The van der Waals surface area contributed by atoms with E-state index < -0.39 is 5.60 Å². The molecule has 3 rings (SSSR count). The van der Waals surface area contributed by atoms with Crippen molar-refractivity contribution in [3.63, 3.8) is 0 Å². The lowest BCUT2D eigenvalue weighted by molar-refractivity contribution is -0.163. The van der Waals surface area contributed by atoms with Gasteiger partial charge in [0.15, 0.2) is 0 Å². The summed E-state index contributed by atoms with van der Waals surface area (Å²) in [6.07, 6.45) is 6.60. The van der Waals surface area contributed by atoms with Gasteiger partial charge in [0.25, 0.3) is 0 Å². The number of fused-ring (bicyclic) bond motifs is 1. The van der Waals surface area contributed by atoms with Gasteiger partial charge in [-0.2, -0.15) is 0 Å². The fourth-order valence-corrected chi connectivity index (χ4v) is 4.20. The van der Waals surface area contributed by atoms with Crippen LogP contribution in [0.3, 0.4) is 0 Å². The Morgan fingerprint density at radius 3 is 2.19 bits per heavy atom. The van der Waals surface area contributed by atoms with E-state index in [1.807, 2.05) is 25.7 Å². The number of esters is 1.